The Morgan fingerprint density at radius 1 is 0.615 bits per heavy atom. The SMILES string of the molecule is CC(C)(C)C1CCP1(c1ccccc1)(c1ccccc1)c1ccccc1. The second kappa shape index (κ2) is 6.07. The molecule has 0 nitrogen and oxygen atoms in total. The van der Waals surface area contributed by atoms with Crippen molar-refractivity contribution in [2.24, 2.45) is 5.41 Å². The third-order valence-corrected chi connectivity index (χ3v) is 14.6. The van der Waals surface area contributed by atoms with Crippen molar-refractivity contribution in [2.45, 2.75) is 32.9 Å². The van der Waals surface area contributed by atoms with Crippen molar-refractivity contribution in [1.29, 1.82) is 0 Å². The fourth-order valence-electron chi connectivity index (χ4n) is 5.61. The van der Waals surface area contributed by atoms with Gasteiger partial charge in [-0.25, -0.2) is 0 Å². The number of hydrogen-bond acceptors (Lipinski definition) is 0. The maximum atomic E-state index is 2.44. The van der Waals surface area contributed by atoms with Crippen LogP contribution in [0, 0.1) is 5.41 Å². The van der Waals surface area contributed by atoms with Crippen LogP contribution in [0.1, 0.15) is 27.2 Å². The first-order valence-corrected chi connectivity index (χ1v) is 12.2. The molecule has 0 saturated carbocycles. The Balaban J connectivity index is 2.16. The van der Waals surface area contributed by atoms with Gasteiger partial charge >= 0.3 is 158 Å². The van der Waals surface area contributed by atoms with Gasteiger partial charge in [0.2, 0.25) is 0 Å². The first kappa shape index (κ1) is 17.5. The zero-order valence-electron chi connectivity index (χ0n) is 16.1. The topological polar surface area (TPSA) is 0 Å². The molecule has 1 saturated heterocycles. The maximum absolute atomic E-state index is 2.50. The van der Waals surface area contributed by atoms with Gasteiger partial charge in [0.1, 0.15) is 0 Å². The average molecular weight is 360 g/mol. The summed E-state index contributed by atoms with van der Waals surface area (Å²) in [4.78, 5) is 0. The van der Waals surface area contributed by atoms with Gasteiger partial charge in [0.15, 0.2) is 0 Å². The van der Waals surface area contributed by atoms with Crippen LogP contribution < -0.4 is 15.9 Å². The minimum atomic E-state index is -2.50. The van der Waals surface area contributed by atoms with Crippen LogP contribution in [0.5, 0.6) is 0 Å². The van der Waals surface area contributed by atoms with Gasteiger partial charge in [0.05, 0.1) is 0 Å². The fraction of sp³-hybridized carbons (Fsp3) is 0.280. The zero-order chi connectivity index (χ0) is 18.3. The van der Waals surface area contributed by atoms with E-state index in [4.69, 9.17) is 0 Å². The number of rotatable bonds is 3. The molecule has 1 unspecified atom stereocenters. The average Bonchev–Trinajstić information content (AvgIpc) is 2.63. The minimum absolute atomic E-state index is 0.262. The van der Waals surface area contributed by atoms with Crippen molar-refractivity contribution in [3.8, 4) is 0 Å². The molecular weight excluding hydrogens is 331 g/mol. The first-order valence-electron chi connectivity index (χ1n) is 9.67. The Labute approximate surface area is 158 Å². The van der Waals surface area contributed by atoms with Crippen molar-refractivity contribution < 1.29 is 0 Å². The van der Waals surface area contributed by atoms with Gasteiger partial charge in [-0.15, -0.1) is 0 Å². The van der Waals surface area contributed by atoms with E-state index in [1.807, 2.05) is 0 Å². The van der Waals surface area contributed by atoms with Gasteiger partial charge in [-0.2, -0.15) is 0 Å². The molecule has 0 radical (unpaired) electrons. The van der Waals surface area contributed by atoms with Crippen LogP contribution in [0.25, 0.3) is 0 Å². The summed E-state index contributed by atoms with van der Waals surface area (Å²) in [6.07, 6.45) is 2.59. The molecule has 1 heterocycles. The van der Waals surface area contributed by atoms with E-state index in [1.165, 1.54) is 12.6 Å². The number of benzene rings is 3. The Kier molecular flexibility index (Phi) is 4.08. The molecule has 26 heavy (non-hydrogen) atoms. The Hall–Kier alpha value is -1.91. The molecule has 0 bridgehead atoms. The Bertz CT molecular complexity index is 776. The molecule has 0 aliphatic carbocycles. The van der Waals surface area contributed by atoms with Crippen molar-refractivity contribution in [3.63, 3.8) is 0 Å². The van der Waals surface area contributed by atoms with Crippen LogP contribution in [0.3, 0.4) is 0 Å². The van der Waals surface area contributed by atoms with Gasteiger partial charge in [-0.3, -0.25) is 0 Å². The first-order chi connectivity index (χ1) is 12.5. The van der Waals surface area contributed by atoms with E-state index in [2.05, 4.69) is 112 Å². The van der Waals surface area contributed by atoms with Crippen LogP contribution in [0.2, 0.25) is 0 Å². The molecule has 1 fully saturated rings. The third kappa shape index (κ3) is 2.18. The predicted octanol–water partition coefficient (Wildman–Crippen LogP) is 5.33. The summed E-state index contributed by atoms with van der Waals surface area (Å²) < 4.78 is 0. The van der Waals surface area contributed by atoms with Gasteiger partial charge in [0.25, 0.3) is 0 Å². The summed E-state index contributed by atoms with van der Waals surface area (Å²) in [7, 11) is 0. The van der Waals surface area contributed by atoms with E-state index in [0.717, 1.165) is 0 Å². The normalized spacial score (nSPS) is 22.6. The summed E-state index contributed by atoms with van der Waals surface area (Å²) in [6, 6.07) is 34.2. The molecule has 1 aliphatic heterocycles. The molecule has 134 valence electrons. The zero-order valence-corrected chi connectivity index (χ0v) is 17.0. The van der Waals surface area contributed by atoms with Crippen molar-refractivity contribution >= 4 is 22.5 Å². The van der Waals surface area contributed by atoms with Crippen LogP contribution >= 0.6 is 6.60 Å². The van der Waals surface area contributed by atoms with Crippen molar-refractivity contribution in [1.82, 2.24) is 0 Å². The van der Waals surface area contributed by atoms with E-state index in [0.29, 0.717) is 5.66 Å². The van der Waals surface area contributed by atoms with E-state index in [9.17, 15) is 0 Å². The van der Waals surface area contributed by atoms with E-state index < -0.39 is 6.60 Å². The molecule has 0 N–H and O–H groups in total. The van der Waals surface area contributed by atoms with Gasteiger partial charge in [-0.05, 0) is 0 Å². The molecule has 1 atom stereocenters. The summed E-state index contributed by atoms with van der Waals surface area (Å²) in [5.41, 5.74) is 0.929. The molecule has 0 spiro atoms. The molecule has 3 aromatic carbocycles. The fourth-order valence-corrected chi connectivity index (χ4v) is 13.9. The van der Waals surface area contributed by atoms with E-state index in [1.54, 1.807) is 15.9 Å². The molecule has 3 aromatic rings. The predicted molar refractivity (Wildman–Crippen MR) is 118 cm³/mol. The van der Waals surface area contributed by atoms with Crippen LogP contribution in [0.15, 0.2) is 91.0 Å². The van der Waals surface area contributed by atoms with E-state index in [-0.39, 0.29) is 5.41 Å². The second-order valence-corrected chi connectivity index (χ2v) is 14.2. The molecule has 1 aliphatic rings. The molecular formula is C25H29P. The van der Waals surface area contributed by atoms with Crippen LogP contribution in [0.4, 0.5) is 0 Å². The summed E-state index contributed by atoms with van der Waals surface area (Å²) in [6.45, 7) is 4.81. The molecule has 4 rings (SSSR count). The molecule has 0 aromatic heterocycles. The summed E-state index contributed by atoms with van der Waals surface area (Å²) in [5, 5.41) is 4.67. The summed E-state index contributed by atoms with van der Waals surface area (Å²) in [5.74, 6) is 0. The Morgan fingerprint density at radius 2 is 0.962 bits per heavy atom. The Morgan fingerprint density at radius 3 is 1.19 bits per heavy atom. The monoisotopic (exact) mass is 360 g/mol. The van der Waals surface area contributed by atoms with Crippen LogP contribution in [-0.4, -0.2) is 11.8 Å². The number of hydrogen-bond donors (Lipinski definition) is 0. The van der Waals surface area contributed by atoms with Gasteiger partial charge < -0.3 is 0 Å². The quantitative estimate of drug-likeness (QED) is 0.554. The van der Waals surface area contributed by atoms with Crippen LogP contribution in [-0.2, 0) is 0 Å². The second-order valence-electron chi connectivity index (χ2n) is 8.78. The standard InChI is InChI=1S/C25H29P/c1-25(2,3)24-19-20-26(24,21-13-7-4-8-14-21,22-15-9-5-10-16-22)23-17-11-6-12-18-23/h4-18,24H,19-20H2,1-3H3. The van der Waals surface area contributed by atoms with Gasteiger partial charge in [0, 0.05) is 0 Å². The van der Waals surface area contributed by atoms with Gasteiger partial charge in [-0.1, -0.05) is 0 Å². The third-order valence-electron chi connectivity index (χ3n) is 6.59. The van der Waals surface area contributed by atoms with Crippen molar-refractivity contribution in [2.75, 3.05) is 6.16 Å². The molecule has 0 amide bonds. The molecule has 1 heteroatoms. The summed E-state index contributed by atoms with van der Waals surface area (Å²) >= 11 is 0. The van der Waals surface area contributed by atoms with E-state index >= 15 is 0 Å². The van der Waals surface area contributed by atoms with Crippen molar-refractivity contribution in [3.05, 3.63) is 91.0 Å².